The Morgan fingerprint density at radius 1 is 1.67 bits per heavy atom. The molecular formula is C8H12N2O2. The third-order valence-corrected chi connectivity index (χ3v) is 2.10. The Morgan fingerprint density at radius 2 is 2.50 bits per heavy atom. The molecule has 66 valence electrons. The van der Waals surface area contributed by atoms with Gasteiger partial charge in [0.2, 0.25) is 0 Å². The van der Waals surface area contributed by atoms with E-state index in [1.54, 1.807) is 4.68 Å². The Morgan fingerprint density at radius 3 is 3.00 bits per heavy atom. The summed E-state index contributed by atoms with van der Waals surface area (Å²) in [5.74, 6) is 0. The van der Waals surface area contributed by atoms with Gasteiger partial charge in [0.15, 0.2) is 0 Å². The molecule has 0 spiro atoms. The molecule has 0 amide bonds. The van der Waals surface area contributed by atoms with Crippen molar-refractivity contribution in [3.8, 4) is 0 Å². The molecule has 4 heteroatoms. The van der Waals surface area contributed by atoms with Crippen molar-refractivity contribution in [1.82, 2.24) is 9.78 Å². The number of nitrogens with zero attached hydrogens (tertiary/aromatic N) is 2. The average Bonchev–Trinajstić information content (AvgIpc) is 2.58. The third kappa shape index (κ3) is 1.23. The molecule has 1 fully saturated rings. The van der Waals surface area contributed by atoms with E-state index in [-0.39, 0.29) is 6.04 Å². The summed E-state index contributed by atoms with van der Waals surface area (Å²) < 4.78 is 6.89. The first kappa shape index (κ1) is 7.76. The van der Waals surface area contributed by atoms with Gasteiger partial charge in [-0.25, -0.2) is 0 Å². The molecule has 1 aromatic heterocycles. The van der Waals surface area contributed by atoms with E-state index < -0.39 is 6.10 Å². The van der Waals surface area contributed by atoms with Crippen LogP contribution in [0, 0.1) is 6.92 Å². The van der Waals surface area contributed by atoms with Crippen LogP contribution < -0.4 is 0 Å². The molecule has 1 unspecified atom stereocenters. The molecular weight excluding hydrogens is 156 g/mol. The Balaban J connectivity index is 2.19. The number of aryl methyl sites for hydroxylation is 1. The first-order valence-electron chi connectivity index (χ1n) is 4.05. The molecule has 1 aliphatic heterocycles. The lowest BCUT2D eigenvalue weighted by Crippen LogP contribution is -2.22. The summed E-state index contributed by atoms with van der Waals surface area (Å²) >= 11 is 0. The zero-order chi connectivity index (χ0) is 8.55. The van der Waals surface area contributed by atoms with Crippen molar-refractivity contribution in [3.05, 3.63) is 18.0 Å². The minimum absolute atomic E-state index is 0.00120. The van der Waals surface area contributed by atoms with Crippen LogP contribution in [-0.2, 0) is 4.74 Å². The van der Waals surface area contributed by atoms with Crippen molar-refractivity contribution in [3.63, 3.8) is 0 Å². The van der Waals surface area contributed by atoms with E-state index in [0.29, 0.717) is 13.2 Å². The predicted octanol–water partition coefficient (Wildman–Crippen LogP) is 0.124. The van der Waals surface area contributed by atoms with Crippen LogP contribution in [0.25, 0.3) is 0 Å². The minimum atomic E-state index is -0.413. The summed E-state index contributed by atoms with van der Waals surface area (Å²) in [5, 5.41) is 13.7. The van der Waals surface area contributed by atoms with Crippen LogP contribution in [0.2, 0.25) is 0 Å². The fourth-order valence-corrected chi connectivity index (χ4v) is 1.40. The summed E-state index contributed by atoms with van der Waals surface area (Å²) in [6.07, 6.45) is 1.46. The molecule has 2 heterocycles. The lowest BCUT2D eigenvalue weighted by atomic mass is 10.2. The fourth-order valence-electron chi connectivity index (χ4n) is 1.40. The van der Waals surface area contributed by atoms with E-state index >= 15 is 0 Å². The second-order valence-corrected chi connectivity index (χ2v) is 3.11. The van der Waals surface area contributed by atoms with E-state index in [4.69, 9.17) is 4.74 Å². The van der Waals surface area contributed by atoms with Crippen molar-refractivity contribution < 1.29 is 9.84 Å². The number of aromatic nitrogens is 2. The lowest BCUT2D eigenvalue weighted by Gasteiger charge is -2.11. The Hall–Kier alpha value is -0.870. The Bertz CT molecular complexity index is 272. The predicted molar refractivity (Wildman–Crippen MR) is 42.8 cm³/mol. The van der Waals surface area contributed by atoms with E-state index in [0.717, 1.165) is 5.69 Å². The number of aliphatic hydroxyl groups is 1. The third-order valence-electron chi connectivity index (χ3n) is 2.10. The second-order valence-electron chi connectivity index (χ2n) is 3.11. The first-order valence-corrected chi connectivity index (χ1v) is 4.05. The van der Waals surface area contributed by atoms with Crippen LogP contribution in [0.4, 0.5) is 0 Å². The van der Waals surface area contributed by atoms with Gasteiger partial charge in [-0.15, -0.1) is 0 Å². The molecule has 4 nitrogen and oxygen atoms in total. The van der Waals surface area contributed by atoms with Crippen molar-refractivity contribution in [1.29, 1.82) is 0 Å². The van der Waals surface area contributed by atoms with Gasteiger partial charge in [-0.1, -0.05) is 0 Å². The van der Waals surface area contributed by atoms with Crippen LogP contribution >= 0.6 is 0 Å². The highest BCUT2D eigenvalue weighted by atomic mass is 16.5. The molecule has 2 atom stereocenters. The van der Waals surface area contributed by atoms with Crippen LogP contribution in [0.15, 0.2) is 12.3 Å². The molecule has 0 bridgehead atoms. The summed E-state index contributed by atoms with van der Waals surface area (Å²) in [7, 11) is 0. The topological polar surface area (TPSA) is 47.3 Å². The Labute approximate surface area is 70.8 Å². The van der Waals surface area contributed by atoms with Crippen molar-refractivity contribution in [2.75, 3.05) is 13.2 Å². The molecule has 1 N–H and O–H groups in total. The summed E-state index contributed by atoms with van der Waals surface area (Å²) in [6, 6.07) is 1.92. The van der Waals surface area contributed by atoms with Gasteiger partial charge >= 0.3 is 0 Å². The maximum absolute atomic E-state index is 9.47. The highest BCUT2D eigenvalue weighted by molar-refractivity contribution is 4.97. The van der Waals surface area contributed by atoms with Crippen molar-refractivity contribution in [2.45, 2.75) is 19.1 Å². The summed E-state index contributed by atoms with van der Waals surface area (Å²) in [6.45, 7) is 2.91. The van der Waals surface area contributed by atoms with Gasteiger partial charge < -0.3 is 9.84 Å². The highest BCUT2D eigenvalue weighted by Gasteiger charge is 2.27. The molecule has 1 saturated heterocycles. The van der Waals surface area contributed by atoms with Gasteiger partial charge in [0, 0.05) is 6.20 Å². The van der Waals surface area contributed by atoms with Crippen molar-refractivity contribution >= 4 is 0 Å². The second kappa shape index (κ2) is 2.88. The number of rotatable bonds is 1. The number of ether oxygens (including phenoxy) is 1. The maximum Gasteiger partial charge on any atom is 0.103 e. The van der Waals surface area contributed by atoms with E-state index in [9.17, 15) is 5.11 Å². The van der Waals surface area contributed by atoms with E-state index in [1.165, 1.54) is 0 Å². The molecule has 1 aliphatic rings. The van der Waals surface area contributed by atoms with Gasteiger partial charge in [0.05, 0.1) is 18.9 Å². The maximum atomic E-state index is 9.47. The normalized spacial score (nSPS) is 29.5. The average molecular weight is 168 g/mol. The molecule has 0 aliphatic carbocycles. The van der Waals surface area contributed by atoms with Gasteiger partial charge in [0.1, 0.15) is 12.1 Å². The van der Waals surface area contributed by atoms with Crippen LogP contribution in [-0.4, -0.2) is 34.2 Å². The number of hydrogen-bond acceptors (Lipinski definition) is 3. The lowest BCUT2D eigenvalue weighted by molar-refractivity contribution is 0.118. The minimum Gasteiger partial charge on any atom is -0.388 e. The quantitative estimate of drug-likeness (QED) is 0.648. The molecule has 12 heavy (non-hydrogen) atoms. The zero-order valence-electron chi connectivity index (χ0n) is 6.97. The fraction of sp³-hybridized carbons (Fsp3) is 0.625. The van der Waals surface area contributed by atoms with E-state index in [2.05, 4.69) is 5.10 Å². The molecule has 1 aromatic rings. The summed E-state index contributed by atoms with van der Waals surface area (Å²) in [5.41, 5.74) is 0.967. The standard InChI is InChI=1S/C8H12N2O2/c1-6-2-3-10(9-6)7-4-12-5-8(7)11/h2-3,7-8,11H,4-5H2,1H3/t7?,8-/m1/s1. The number of aliphatic hydroxyl groups excluding tert-OH is 1. The van der Waals surface area contributed by atoms with Crippen LogP contribution in [0.3, 0.4) is 0 Å². The van der Waals surface area contributed by atoms with Gasteiger partial charge in [-0.3, -0.25) is 4.68 Å². The van der Waals surface area contributed by atoms with Gasteiger partial charge in [-0.05, 0) is 13.0 Å². The van der Waals surface area contributed by atoms with Crippen LogP contribution in [0.1, 0.15) is 11.7 Å². The van der Waals surface area contributed by atoms with Crippen molar-refractivity contribution in [2.24, 2.45) is 0 Å². The SMILES string of the molecule is Cc1ccn(C2COC[C@H]2O)n1. The smallest absolute Gasteiger partial charge is 0.103 e. The summed E-state index contributed by atoms with van der Waals surface area (Å²) in [4.78, 5) is 0. The largest absolute Gasteiger partial charge is 0.388 e. The molecule has 0 radical (unpaired) electrons. The Kier molecular flexibility index (Phi) is 1.86. The molecule has 2 rings (SSSR count). The number of hydrogen-bond donors (Lipinski definition) is 1. The van der Waals surface area contributed by atoms with Gasteiger partial charge in [0.25, 0.3) is 0 Å². The molecule has 0 saturated carbocycles. The first-order chi connectivity index (χ1) is 5.77. The molecule has 0 aromatic carbocycles. The highest BCUT2D eigenvalue weighted by Crippen LogP contribution is 2.18. The van der Waals surface area contributed by atoms with Gasteiger partial charge in [-0.2, -0.15) is 5.10 Å². The van der Waals surface area contributed by atoms with E-state index in [1.807, 2.05) is 19.2 Å². The zero-order valence-corrected chi connectivity index (χ0v) is 6.97. The monoisotopic (exact) mass is 168 g/mol. The van der Waals surface area contributed by atoms with Crippen LogP contribution in [0.5, 0.6) is 0 Å².